The van der Waals surface area contributed by atoms with Gasteiger partial charge in [-0.2, -0.15) is 4.31 Å². The van der Waals surface area contributed by atoms with Gasteiger partial charge in [0.2, 0.25) is 10.0 Å². The average molecular weight is 407 g/mol. The molecule has 3 rings (SSSR count). The molecule has 1 heterocycles. The van der Waals surface area contributed by atoms with E-state index < -0.39 is 16.1 Å². The lowest BCUT2D eigenvalue weighted by Crippen LogP contribution is -2.51. The van der Waals surface area contributed by atoms with Crippen LogP contribution in [0, 0.1) is 0 Å². The molecule has 0 aliphatic carbocycles. The lowest BCUT2D eigenvalue weighted by Gasteiger charge is -2.36. The highest BCUT2D eigenvalue weighted by atomic mass is 32.2. The van der Waals surface area contributed by atoms with Gasteiger partial charge >= 0.3 is 0 Å². The third-order valence-corrected chi connectivity index (χ3v) is 6.45. The van der Waals surface area contributed by atoms with Crippen molar-refractivity contribution in [1.29, 1.82) is 0 Å². The minimum absolute atomic E-state index is 0.129. The fraction of sp³-hybridized carbons (Fsp3) is 0.400. The molecule has 7 nitrogen and oxygen atoms in total. The molecule has 0 amide bonds. The van der Waals surface area contributed by atoms with E-state index in [0.717, 1.165) is 5.75 Å². The first kappa shape index (κ1) is 20.6. The first-order chi connectivity index (χ1) is 13.4. The molecule has 1 fully saturated rings. The molecule has 0 aromatic heterocycles. The van der Waals surface area contributed by atoms with Crippen LogP contribution in [0.3, 0.4) is 0 Å². The third-order valence-electron chi connectivity index (χ3n) is 4.45. The van der Waals surface area contributed by atoms with Crippen molar-refractivity contribution in [2.75, 3.05) is 26.4 Å². The highest BCUT2D eigenvalue weighted by molar-refractivity contribution is 7.89. The van der Waals surface area contributed by atoms with E-state index in [4.69, 9.17) is 14.2 Å². The summed E-state index contributed by atoms with van der Waals surface area (Å²) in [7, 11) is -3.69. The van der Waals surface area contributed by atoms with Crippen LogP contribution >= 0.6 is 0 Å². The van der Waals surface area contributed by atoms with E-state index in [9.17, 15) is 13.5 Å². The lowest BCUT2D eigenvalue weighted by molar-refractivity contribution is -0.0516. The maximum absolute atomic E-state index is 13.0. The molecule has 0 saturated carbocycles. The number of hydrogen-bond acceptors (Lipinski definition) is 6. The maximum atomic E-state index is 13.0. The second-order valence-corrected chi connectivity index (χ2v) is 8.43. The summed E-state index contributed by atoms with van der Waals surface area (Å²) in [6.07, 6.45) is -0.506. The van der Waals surface area contributed by atoms with Crippen molar-refractivity contribution in [2.24, 2.45) is 0 Å². The van der Waals surface area contributed by atoms with Crippen molar-refractivity contribution in [3.8, 4) is 17.2 Å². The summed E-state index contributed by atoms with van der Waals surface area (Å²) in [5.74, 6) is 1.93. The monoisotopic (exact) mass is 407 g/mol. The van der Waals surface area contributed by atoms with Crippen LogP contribution in [0.2, 0.25) is 0 Å². The molecule has 0 spiro atoms. The van der Waals surface area contributed by atoms with Crippen LogP contribution in [0.5, 0.6) is 17.2 Å². The lowest BCUT2D eigenvalue weighted by atomic mass is 10.2. The number of aliphatic hydroxyl groups is 1. The number of sulfonamides is 1. The highest BCUT2D eigenvalue weighted by Crippen LogP contribution is 2.27. The Hall–Kier alpha value is -2.13. The Kier molecular flexibility index (Phi) is 6.56. The van der Waals surface area contributed by atoms with Crippen molar-refractivity contribution in [1.82, 2.24) is 4.31 Å². The number of morpholine rings is 1. The Morgan fingerprint density at radius 1 is 1.07 bits per heavy atom. The van der Waals surface area contributed by atoms with Gasteiger partial charge in [0.15, 0.2) is 0 Å². The number of benzene rings is 2. The normalized spacial score (nSPS) is 20.7. The molecule has 8 heteroatoms. The van der Waals surface area contributed by atoms with Gasteiger partial charge in [-0.1, -0.05) is 0 Å². The van der Waals surface area contributed by atoms with Gasteiger partial charge in [-0.15, -0.1) is 0 Å². The van der Waals surface area contributed by atoms with Gasteiger partial charge < -0.3 is 19.3 Å². The Morgan fingerprint density at radius 3 is 2.21 bits per heavy atom. The van der Waals surface area contributed by atoms with Crippen LogP contribution in [0.1, 0.15) is 13.8 Å². The Balaban J connectivity index is 1.72. The SMILES string of the molecule is CCOc1ccc(Oc2ccc(S(=O)(=O)N3C[C@@H](CO)OC[C@H]3C)cc2)cc1. The average Bonchev–Trinajstić information content (AvgIpc) is 2.70. The van der Waals surface area contributed by atoms with Crippen LogP contribution in [-0.2, 0) is 14.8 Å². The number of ether oxygens (including phenoxy) is 3. The molecule has 0 bridgehead atoms. The molecule has 1 N–H and O–H groups in total. The molecule has 2 atom stereocenters. The summed E-state index contributed by atoms with van der Waals surface area (Å²) in [5.41, 5.74) is 0. The summed E-state index contributed by atoms with van der Waals surface area (Å²) in [6.45, 7) is 4.47. The van der Waals surface area contributed by atoms with Crippen molar-refractivity contribution in [3.63, 3.8) is 0 Å². The van der Waals surface area contributed by atoms with Crippen LogP contribution < -0.4 is 9.47 Å². The second kappa shape index (κ2) is 8.91. The molecule has 1 saturated heterocycles. The predicted molar refractivity (Wildman–Crippen MR) is 104 cm³/mol. The molecule has 0 radical (unpaired) electrons. The molecule has 152 valence electrons. The third kappa shape index (κ3) is 4.64. The van der Waals surface area contributed by atoms with E-state index in [2.05, 4.69) is 0 Å². The van der Waals surface area contributed by atoms with Crippen molar-refractivity contribution in [3.05, 3.63) is 48.5 Å². The van der Waals surface area contributed by atoms with Crippen molar-refractivity contribution >= 4 is 10.0 Å². The molecule has 2 aromatic rings. The van der Waals surface area contributed by atoms with E-state index >= 15 is 0 Å². The van der Waals surface area contributed by atoms with Crippen molar-refractivity contribution < 1.29 is 27.7 Å². The Bertz CT molecular complexity index is 867. The standard InChI is InChI=1S/C20H25NO6S/c1-3-25-16-4-6-17(7-5-16)27-18-8-10-20(11-9-18)28(23,24)21-12-19(13-22)26-14-15(21)2/h4-11,15,19,22H,3,12-14H2,1-2H3/t15-,19+/m1/s1. The van der Waals surface area contributed by atoms with E-state index in [1.807, 2.05) is 19.1 Å². The van der Waals surface area contributed by atoms with Gasteiger partial charge in [0, 0.05) is 12.6 Å². The number of hydrogen-bond donors (Lipinski definition) is 1. The van der Waals surface area contributed by atoms with Crippen LogP contribution in [0.25, 0.3) is 0 Å². The highest BCUT2D eigenvalue weighted by Gasteiger charge is 2.35. The molecule has 0 unspecified atom stereocenters. The van der Waals surface area contributed by atoms with Crippen LogP contribution in [-0.4, -0.2) is 56.3 Å². The first-order valence-electron chi connectivity index (χ1n) is 9.19. The van der Waals surface area contributed by atoms with Crippen molar-refractivity contribution in [2.45, 2.75) is 30.9 Å². The summed E-state index contributed by atoms with van der Waals surface area (Å²) >= 11 is 0. The zero-order valence-electron chi connectivity index (χ0n) is 15.9. The van der Waals surface area contributed by atoms with E-state index in [0.29, 0.717) is 18.1 Å². The van der Waals surface area contributed by atoms with Gasteiger partial charge in [-0.25, -0.2) is 8.42 Å². The zero-order chi connectivity index (χ0) is 20.1. The fourth-order valence-corrected chi connectivity index (χ4v) is 4.61. The largest absolute Gasteiger partial charge is 0.494 e. The molecular formula is C20H25NO6S. The summed E-state index contributed by atoms with van der Waals surface area (Å²) in [6, 6.07) is 13.2. The number of aliphatic hydroxyl groups excluding tert-OH is 1. The smallest absolute Gasteiger partial charge is 0.243 e. The summed E-state index contributed by atoms with van der Waals surface area (Å²) in [4.78, 5) is 0.178. The number of nitrogens with zero attached hydrogens (tertiary/aromatic N) is 1. The number of rotatable bonds is 7. The fourth-order valence-electron chi connectivity index (χ4n) is 2.96. The first-order valence-corrected chi connectivity index (χ1v) is 10.6. The van der Waals surface area contributed by atoms with E-state index in [1.54, 1.807) is 31.2 Å². The second-order valence-electron chi connectivity index (χ2n) is 6.54. The summed E-state index contributed by atoms with van der Waals surface area (Å²) in [5, 5.41) is 9.28. The summed E-state index contributed by atoms with van der Waals surface area (Å²) < 4.78 is 43.9. The minimum Gasteiger partial charge on any atom is -0.494 e. The molecule has 1 aliphatic heterocycles. The topological polar surface area (TPSA) is 85.3 Å². The molecule has 2 aromatic carbocycles. The predicted octanol–water partition coefficient (Wildman–Crippen LogP) is 2.65. The van der Waals surface area contributed by atoms with E-state index in [-0.39, 0.29) is 30.7 Å². The Labute approximate surface area is 165 Å². The van der Waals surface area contributed by atoms with Gasteiger partial charge in [-0.05, 0) is 62.4 Å². The quantitative estimate of drug-likeness (QED) is 0.760. The maximum Gasteiger partial charge on any atom is 0.243 e. The molecule has 28 heavy (non-hydrogen) atoms. The van der Waals surface area contributed by atoms with Gasteiger partial charge in [0.05, 0.1) is 30.8 Å². The molecule has 1 aliphatic rings. The van der Waals surface area contributed by atoms with E-state index in [1.165, 1.54) is 16.4 Å². The zero-order valence-corrected chi connectivity index (χ0v) is 16.8. The van der Waals surface area contributed by atoms with Gasteiger partial charge in [0.1, 0.15) is 17.2 Å². The minimum atomic E-state index is -3.69. The van der Waals surface area contributed by atoms with Crippen LogP contribution in [0.15, 0.2) is 53.4 Å². The van der Waals surface area contributed by atoms with Gasteiger partial charge in [0.25, 0.3) is 0 Å². The van der Waals surface area contributed by atoms with Crippen LogP contribution in [0.4, 0.5) is 0 Å². The van der Waals surface area contributed by atoms with Gasteiger partial charge in [-0.3, -0.25) is 0 Å². The molecular weight excluding hydrogens is 382 g/mol. The Morgan fingerprint density at radius 2 is 1.64 bits per heavy atom.